The number of aryl methyl sites for hydroxylation is 1. The fraction of sp³-hybridized carbons (Fsp3) is 0.350. The SMILES string of the molecule is Cc1noc2nc(C3CC3)cc(C(=O)NC3CCOc4c(F)cccc43)c12. The molecule has 7 heteroatoms. The van der Waals surface area contributed by atoms with Gasteiger partial charge in [0, 0.05) is 23.6 Å². The molecule has 5 rings (SSSR count). The number of pyridine rings is 1. The molecule has 1 unspecified atom stereocenters. The first-order chi connectivity index (χ1) is 13.1. The van der Waals surface area contributed by atoms with Crippen molar-refractivity contribution in [1.82, 2.24) is 15.5 Å². The second-order valence-corrected chi connectivity index (χ2v) is 7.14. The number of amides is 1. The molecule has 138 valence electrons. The quantitative estimate of drug-likeness (QED) is 0.762. The maximum atomic E-state index is 14.0. The Labute approximate surface area is 154 Å². The monoisotopic (exact) mass is 367 g/mol. The molecule has 0 spiro atoms. The molecular formula is C20H18FN3O3. The van der Waals surface area contributed by atoms with Crippen LogP contribution in [0.25, 0.3) is 11.1 Å². The van der Waals surface area contributed by atoms with Crippen LogP contribution in [-0.2, 0) is 0 Å². The Morgan fingerprint density at radius 2 is 2.15 bits per heavy atom. The topological polar surface area (TPSA) is 77.2 Å². The first kappa shape index (κ1) is 16.2. The lowest BCUT2D eigenvalue weighted by molar-refractivity contribution is 0.0925. The molecule has 3 aromatic rings. The number of aromatic nitrogens is 2. The van der Waals surface area contributed by atoms with Gasteiger partial charge >= 0.3 is 0 Å². The molecule has 2 aliphatic rings. The van der Waals surface area contributed by atoms with Crippen molar-refractivity contribution in [2.75, 3.05) is 6.61 Å². The molecule has 0 saturated heterocycles. The Bertz CT molecular complexity index is 1060. The van der Waals surface area contributed by atoms with E-state index in [-0.39, 0.29) is 17.7 Å². The zero-order valence-electron chi connectivity index (χ0n) is 14.8. The Morgan fingerprint density at radius 3 is 2.96 bits per heavy atom. The zero-order valence-corrected chi connectivity index (χ0v) is 14.8. The van der Waals surface area contributed by atoms with Gasteiger partial charge in [-0.05, 0) is 31.9 Å². The van der Waals surface area contributed by atoms with Crippen molar-refractivity contribution in [3.8, 4) is 5.75 Å². The molecule has 0 bridgehead atoms. The first-order valence-corrected chi connectivity index (χ1v) is 9.11. The highest BCUT2D eigenvalue weighted by atomic mass is 19.1. The number of para-hydroxylation sites is 1. The van der Waals surface area contributed by atoms with Gasteiger partial charge in [-0.1, -0.05) is 17.3 Å². The largest absolute Gasteiger partial charge is 0.490 e. The van der Waals surface area contributed by atoms with Gasteiger partial charge in [0.2, 0.25) is 0 Å². The number of hydrogen-bond donors (Lipinski definition) is 1. The maximum absolute atomic E-state index is 14.0. The highest BCUT2D eigenvalue weighted by Gasteiger charge is 2.30. The minimum Gasteiger partial charge on any atom is -0.490 e. The second kappa shape index (κ2) is 6.04. The van der Waals surface area contributed by atoms with Crippen LogP contribution in [0.15, 0.2) is 28.8 Å². The van der Waals surface area contributed by atoms with E-state index in [0.717, 1.165) is 18.5 Å². The van der Waals surface area contributed by atoms with Crippen LogP contribution in [0.5, 0.6) is 5.75 Å². The van der Waals surface area contributed by atoms with Crippen LogP contribution in [0, 0.1) is 12.7 Å². The van der Waals surface area contributed by atoms with E-state index in [1.807, 2.05) is 6.07 Å². The Kier molecular flexibility index (Phi) is 3.63. The van der Waals surface area contributed by atoms with Gasteiger partial charge in [0.15, 0.2) is 11.6 Å². The van der Waals surface area contributed by atoms with Gasteiger partial charge in [-0.25, -0.2) is 9.37 Å². The molecule has 1 N–H and O–H groups in total. The van der Waals surface area contributed by atoms with E-state index in [2.05, 4.69) is 15.5 Å². The number of carbonyl (C=O) groups excluding carboxylic acids is 1. The number of fused-ring (bicyclic) bond motifs is 2. The summed E-state index contributed by atoms with van der Waals surface area (Å²) in [5.74, 6) is -0.0561. The van der Waals surface area contributed by atoms with Gasteiger partial charge in [-0.3, -0.25) is 4.79 Å². The molecule has 3 heterocycles. The van der Waals surface area contributed by atoms with Crippen molar-refractivity contribution in [1.29, 1.82) is 0 Å². The fourth-order valence-corrected chi connectivity index (χ4v) is 3.65. The summed E-state index contributed by atoms with van der Waals surface area (Å²) >= 11 is 0. The number of rotatable bonds is 3. The van der Waals surface area contributed by atoms with Crippen LogP contribution in [0.4, 0.5) is 4.39 Å². The maximum Gasteiger partial charge on any atom is 0.259 e. The van der Waals surface area contributed by atoms with E-state index in [1.54, 1.807) is 19.1 Å². The summed E-state index contributed by atoms with van der Waals surface area (Å²) < 4.78 is 24.8. The van der Waals surface area contributed by atoms with Crippen LogP contribution < -0.4 is 10.1 Å². The van der Waals surface area contributed by atoms with Crippen molar-refractivity contribution >= 4 is 17.0 Å². The van der Waals surface area contributed by atoms with E-state index < -0.39 is 5.82 Å². The lowest BCUT2D eigenvalue weighted by Gasteiger charge is -2.27. The molecule has 27 heavy (non-hydrogen) atoms. The molecule has 1 aliphatic heterocycles. The van der Waals surface area contributed by atoms with Crippen molar-refractivity contribution in [2.24, 2.45) is 0 Å². The van der Waals surface area contributed by atoms with Crippen LogP contribution in [-0.4, -0.2) is 22.7 Å². The van der Waals surface area contributed by atoms with Crippen molar-refractivity contribution in [3.63, 3.8) is 0 Å². The molecular weight excluding hydrogens is 349 g/mol. The van der Waals surface area contributed by atoms with Crippen molar-refractivity contribution < 1.29 is 18.4 Å². The molecule has 1 atom stereocenters. The summed E-state index contributed by atoms with van der Waals surface area (Å²) in [5, 5.41) is 7.63. The highest BCUT2D eigenvalue weighted by Crippen LogP contribution is 2.41. The van der Waals surface area contributed by atoms with E-state index in [0.29, 0.717) is 46.9 Å². The third-order valence-corrected chi connectivity index (χ3v) is 5.21. The van der Waals surface area contributed by atoms with Crippen LogP contribution >= 0.6 is 0 Å². The fourth-order valence-electron chi connectivity index (χ4n) is 3.65. The predicted octanol–water partition coefficient (Wildman–Crippen LogP) is 3.80. The molecule has 1 amide bonds. The molecule has 1 saturated carbocycles. The standard InChI is InChI=1S/C20H18FN3O3/c1-10-17-13(9-16(11-5-6-11)23-20(17)27-24-10)19(25)22-15-7-8-26-18-12(15)3-2-4-14(18)21/h2-4,9,11,15H,5-8H2,1H3,(H,22,25). The predicted molar refractivity (Wildman–Crippen MR) is 95.2 cm³/mol. The van der Waals surface area contributed by atoms with E-state index in [1.165, 1.54) is 6.07 Å². The van der Waals surface area contributed by atoms with E-state index in [9.17, 15) is 9.18 Å². The lowest BCUT2D eigenvalue weighted by Crippen LogP contribution is -2.32. The molecule has 0 radical (unpaired) electrons. The number of nitrogens with one attached hydrogen (secondary N) is 1. The Balaban J connectivity index is 1.52. The van der Waals surface area contributed by atoms with Crippen LogP contribution in [0.1, 0.15) is 58.5 Å². The zero-order chi connectivity index (χ0) is 18.5. The molecule has 1 aliphatic carbocycles. The summed E-state index contributed by atoms with van der Waals surface area (Å²) in [6.45, 7) is 2.14. The third kappa shape index (κ3) is 2.74. The first-order valence-electron chi connectivity index (χ1n) is 9.11. The summed E-state index contributed by atoms with van der Waals surface area (Å²) in [6, 6.07) is 6.29. The lowest BCUT2D eigenvalue weighted by atomic mass is 9.99. The van der Waals surface area contributed by atoms with Gasteiger partial charge in [-0.15, -0.1) is 0 Å². The minimum absolute atomic E-state index is 0.216. The number of nitrogens with zero attached hydrogens (tertiary/aromatic N) is 2. The number of ether oxygens (including phenoxy) is 1. The Hall–Kier alpha value is -2.96. The number of benzene rings is 1. The molecule has 2 aromatic heterocycles. The average Bonchev–Trinajstić information content (AvgIpc) is 3.46. The van der Waals surface area contributed by atoms with Crippen LogP contribution in [0.3, 0.4) is 0 Å². The number of hydrogen-bond acceptors (Lipinski definition) is 5. The molecule has 1 fully saturated rings. The van der Waals surface area contributed by atoms with Gasteiger partial charge < -0.3 is 14.6 Å². The summed E-state index contributed by atoms with van der Waals surface area (Å²) in [5.41, 5.74) is 3.04. The average molecular weight is 367 g/mol. The van der Waals surface area contributed by atoms with Gasteiger partial charge in [0.05, 0.1) is 29.3 Å². The van der Waals surface area contributed by atoms with Crippen LogP contribution in [0.2, 0.25) is 0 Å². The van der Waals surface area contributed by atoms with Crippen molar-refractivity contribution in [2.45, 2.75) is 38.1 Å². The minimum atomic E-state index is -0.413. The van der Waals surface area contributed by atoms with Gasteiger partial charge in [0.1, 0.15) is 0 Å². The number of halogens is 1. The highest BCUT2D eigenvalue weighted by molar-refractivity contribution is 6.06. The van der Waals surface area contributed by atoms with Gasteiger partial charge in [0.25, 0.3) is 11.6 Å². The molecule has 6 nitrogen and oxygen atoms in total. The van der Waals surface area contributed by atoms with E-state index >= 15 is 0 Å². The van der Waals surface area contributed by atoms with E-state index in [4.69, 9.17) is 9.26 Å². The number of carbonyl (C=O) groups is 1. The smallest absolute Gasteiger partial charge is 0.259 e. The Morgan fingerprint density at radius 1 is 1.30 bits per heavy atom. The van der Waals surface area contributed by atoms with Gasteiger partial charge in [-0.2, -0.15) is 0 Å². The molecule has 1 aromatic carbocycles. The summed E-state index contributed by atoms with van der Waals surface area (Å²) in [7, 11) is 0. The second-order valence-electron chi connectivity index (χ2n) is 7.14. The summed E-state index contributed by atoms with van der Waals surface area (Å²) in [4.78, 5) is 17.6. The normalized spacial score (nSPS) is 18.8. The third-order valence-electron chi connectivity index (χ3n) is 5.21. The summed E-state index contributed by atoms with van der Waals surface area (Å²) in [6.07, 6.45) is 2.72. The van der Waals surface area contributed by atoms with Crippen molar-refractivity contribution in [3.05, 3.63) is 52.6 Å².